The van der Waals surface area contributed by atoms with Crippen LogP contribution in [0.15, 0.2) is 12.3 Å². The molecule has 15 heavy (non-hydrogen) atoms. The molecule has 1 heterocycles. The molecule has 0 bridgehead atoms. The number of aliphatic hydroxyl groups excluding tert-OH is 1. The second-order valence-corrected chi connectivity index (χ2v) is 5.49. The Morgan fingerprint density at radius 1 is 1.67 bits per heavy atom. The highest BCUT2D eigenvalue weighted by Gasteiger charge is 2.16. The number of aliphatic hydroxyl groups is 1. The molecule has 7 heteroatoms. The average molecular weight is 253 g/mol. The van der Waals surface area contributed by atoms with Crippen LogP contribution in [0.3, 0.4) is 0 Å². The summed E-state index contributed by atoms with van der Waals surface area (Å²) in [4.78, 5) is 0. The third-order valence-electron chi connectivity index (χ3n) is 1.94. The van der Waals surface area contributed by atoms with E-state index in [1.165, 1.54) is 12.3 Å². The van der Waals surface area contributed by atoms with Crippen molar-refractivity contribution in [1.29, 1.82) is 0 Å². The van der Waals surface area contributed by atoms with E-state index in [0.717, 1.165) is 10.2 Å². The summed E-state index contributed by atoms with van der Waals surface area (Å²) < 4.78 is 23.4. The molecule has 86 valence electrons. The van der Waals surface area contributed by atoms with Gasteiger partial charge in [0.25, 0.3) is 0 Å². The fourth-order valence-electron chi connectivity index (χ4n) is 1.20. The van der Waals surface area contributed by atoms with Gasteiger partial charge in [0.15, 0.2) is 0 Å². The Bertz CT molecular complexity index is 441. The van der Waals surface area contributed by atoms with Crippen LogP contribution in [0.4, 0.5) is 0 Å². The lowest BCUT2D eigenvalue weighted by molar-refractivity contribution is 0.170. The van der Waals surface area contributed by atoms with Crippen LogP contribution in [0.5, 0.6) is 0 Å². The third-order valence-corrected chi connectivity index (χ3v) is 3.35. The molecule has 0 fully saturated rings. The fraction of sp³-hybridized carbons (Fsp3) is 0.500. The van der Waals surface area contributed by atoms with Crippen LogP contribution in [0.2, 0.25) is 5.15 Å². The monoisotopic (exact) mass is 252 g/mol. The second-order valence-electron chi connectivity index (χ2n) is 3.25. The number of nitrogens with two attached hydrogens (primary N) is 1. The number of nitrogens with zero attached hydrogens (tertiary/aromatic N) is 1. The van der Waals surface area contributed by atoms with Crippen molar-refractivity contribution in [2.75, 3.05) is 12.8 Å². The van der Waals surface area contributed by atoms with Gasteiger partial charge in [-0.05, 0) is 19.0 Å². The van der Waals surface area contributed by atoms with Crippen LogP contribution in [0.1, 0.15) is 18.1 Å². The summed E-state index contributed by atoms with van der Waals surface area (Å²) in [5.41, 5.74) is 5.73. The molecule has 0 radical (unpaired) electrons. The molecule has 0 saturated heterocycles. The normalized spacial score (nSPS) is 14.1. The van der Waals surface area contributed by atoms with E-state index >= 15 is 0 Å². The third kappa shape index (κ3) is 2.94. The van der Waals surface area contributed by atoms with E-state index in [2.05, 4.69) is 0 Å². The highest BCUT2D eigenvalue weighted by atomic mass is 35.5. The van der Waals surface area contributed by atoms with Crippen LogP contribution < -0.4 is 5.73 Å². The molecule has 0 aliphatic heterocycles. The van der Waals surface area contributed by atoms with E-state index in [1.807, 2.05) is 0 Å². The summed E-state index contributed by atoms with van der Waals surface area (Å²) in [7, 11) is -3.42. The van der Waals surface area contributed by atoms with Gasteiger partial charge in [-0.1, -0.05) is 11.6 Å². The van der Waals surface area contributed by atoms with Crippen molar-refractivity contribution in [3.63, 3.8) is 0 Å². The van der Waals surface area contributed by atoms with Gasteiger partial charge in [-0.15, -0.1) is 0 Å². The molecule has 1 aromatic rings. The largest absolute Gasteiger partial charge is 0.388 e. The molecule has 1 atom stereocenters. The first kappa shape index (κ1) is 12.5. The van der Waals surface area contributed by atoms with Crippen molar-refractivity contribution in [3.05, 3.63) is 23.0 Å². The fourth-order valence-corrected chi connectivity index (χ4v) is 2.43. The predicted molar refractivity (Wildman–Crippen MR) is 58.3 cm³/mol. The first-order valence-corrected chi connectivity index (χ1v) is 6.55. The SMILES string of the molecule is CS(=O)(=O)n1cc(C(O)CCN)cc1Cl. The van der Waals surface area contributed by atoms with Crippen molar-refractivity contribution in [2.45, 2.75) is 12.5 Å². The minimum atomic E-state index is -3.42. The maximum absolute atomic E-state index is 11.2. The number of aromatic nitrogens is 1. The Kier molecular flexibility index (Phi) is 3.77. The standard InChI is InChI=1S/C8H13ClN2O3S/c1-15(13,14)11-5-6(4-8(11)9)7(12)2-3-10/h4-5,7,12H,2-3,10H2,1H3. The minimum absolute atomic E-state index is 0.0589. The molecule has 0 aliphatic carbocycles. The molecule has 5 nitrogen and oxygen atoms in total. The summed E-state index contributed by atoms with van der Waals surface area (Å²) in [6.45, 7) is 0.322. The number of halogens is 1. The van der Waals surface area contributed by atoms with E-state index < -0.39 is 16.1 Å². The summed E-state index contributed by atoms with van der Waals surface area (Å²) in [6, 6.07) is 1.42. The molecule has 0 aromatic carbocycles. The van der Waals surface area contributed by atoms with Crippen LogP contribution in [-0.4, -0.2) is 30.3 Å². The zero-order valence-corrected chi connectivity index (χ0v) is 9.79. The molecule has 0 aliphatic rings. The van der Waals surface area contributed by atoms with E-state index in [-0.39, 0.29) is 5.15 Å². The Labute approximate surface area is 93.5 Å². The van der Waals surface area contributed by atoms with Gasteiger partial charge in [0.2, 0.25) is 10.0 Å². The summed E-state index contributed by atoms with van der Waals surface area (Å²) in [5, 5.41) is 9.64. The van der Waals surface area contributed by atoms with Gasteiger partial charge in [0, 0.05) is 11.8 Å². The van der Waals surface area contributed by atoms with Crippen molar-refractivity contribution in [1.82, 2.24) is 3.97 Å². The molecule has 0 amide bonds. The Morgan fingerprint density at radius 3 is 2.67 bits per heavy atom. The second kappa shape index (κ2) is 4.52. The maximum Gasteiger partial charge on any atom is 0.236 e. The van der Waals surface area contributed by atoms with Gasteiger partial charge in [-0.2, -0.15) is 0 Å². The quantitative estimate of drug-likeness (QED) is 0.809. The van der Waals surface area contributed by atoms with Gasteiger partial charge in [-0.3, -0.25) is 0 Å². The Hall–Kier alpha value is -0.560. The molecular weight excluding hydrogens is 240 g/mol. The molecule has 3 N–H and O–H groups in total. The Morgan fingerprint density at radius 2 is 2.27 bits per heavy atom. The lowest BCUT2D eigenvalue weighted by atomic mass is 10.1. The van der Waals surface area contributed by atoms with Gasteiger partial charge >= 0.3 is 0 Å². The van der Waals surface area contributed by atoms with Gasteiger partial charge < -0.3 is 10.8 Å². The molecule has 1 unspecified atom stereocenters. The van der Waals surface area contributed by atoms with E-state index in [4.69, 9.17) is 17.3 Å². The van der Waals surface area contributed by atoms with Crippen LogP contribution in [0.25, 0.3) is 0 Å². The summed E-state index contributed by atoms with van der Waals surface area (Å²) >= 11 is 5.72. The van der Waals surface area contributed by atoms with Crippen LogP contribution in [-0.2, 0) is 10.0 Å². The molecule has 0 saturated carbocycles. The zero-order chi connectivity index (χ0) is 11.6. The van der Waals surface area contributed by atoms with Crippen LogP contribution in [0, 0.1) is 0 Å². The topological polar surface area (TPSA) is 85.3 Å². The number of hydrogen-bond acceptors (Lipinski definition) is 4. The highest BCUT2D eigenvalue weighted by molar-refractivity contribution is 7.89. The number of hydrogen-bond donors (Lipinski definition) is 2. The van der Waals surface area contributed by atoms with Crippen molar-refractivity contribution in [2.24, 2.45) is 5.73 Å². The summed E-state index contributed by atoms with van der Waals surface area (Å²) in [6.07, 6.45) is 1.93. The molecule has 1 aromatic heterocycles. The lowest BCUT2D eigenvalue weighted by Gasteiger charge is -2.05. The Balaban J connectivity index is 3.06. The average Bonchev–Trinajstić information content (AvgIpc) is 2.47. The molecular formula is C8H13ClN2O3S. The van der Waals surface area contributed by atoms with E-state index in [0.29, 0.717) is 18.5 Å². The number of rotatable bonds is 4. The van der Waals surface area contributed by atoms with Gasteiger partial charge in [0.1, 0.15) is 5.15 Å². The highest BCUT2D eigenvalue weighted by Crippen LogP contribution is 2.23. The smallest absolute Gasteiger partial charge is 0.236 e. The summed E-state index contributed by atoms with van der Waals surface area (Å²) in [5.74, 6) is 0. The van der Waals surface area contributed by atoms with Crippen LogP contribution >= 0.6 is 11.6 Å². The predicted octanol–water partition coefficient (Wildman–Crippen LogP) is 0.331. The maximum atomic E-state index is 11.2. The van der Waals surface area contributed by atoms with E-state index in [1.54, 1.807) is 0 Å². The molecule has 0 spiro atoms. The lowest BCUT2D eigenvalue weighted by Crippen LogP contribution is -2.09. The van der Waals surface area contributed by atoms with Crippen molar-refractivity contribution < 1.29 is 13.5 Å². The van der Waals surface area contributed by atoms with Crippen molar-refractivity contribution in [3.8, 4) is 0 Å². The van der Waals surface area contributed by atoms with Gasteiger partial charge in [-0.25, -0.2) is 12.4 Å². The zero-order valence-electron chi connectivity index (χ0n) is 8.22. The van der Waals surface area contributed by atoms with Crippen molar-refractivity contribution >= 4 is 21.6 Å². The minimum Gasteiger partial charge on any atom is -0.388 e. The van der Waals surface area contributed by atoms with Gasteiger partial charge in [0.05, 0.1) is 12.4 Å². The first-order valence-electron chi connectivity index (χ1n) is 4.32. The first-order chi connectivity index (χ1) is 6.86. The molecule has 1 rings (SSSR count). The van der Waals surface area contributed by atoms with E-state index in [9.17, 15) is 13.5 Å².